The Morgan fingerprint density at radius 2 is 1.70 bits per heavy atom. The number of hydrogen-bond acceptors (Lipinski definition) is 7. The summed E-state index contributed by atoms with van der Waals surface area (Å²) >= 11 is 0. The molecule has 0 bridgehead atoms. The van der Waals surface area contributed by atoms with Crippen molar-refractivity contribution in [1.82, 2.24) is 24.5 Å². The molecule has 1 saturated heterocycles. The van der Waals surface area contributed by atoms with Gasteiger partial charge in [-0.2, -0.15) is 0 Å². The number of anilines is 2. The van der Waals surface area contributed by atoms with Gasteiger partial charge in [0.1, 0.15) is 12.1 Å². The largest absolute Gasteiger partial charge is 0.368 e. The average Bonchev–Trinajstić information content (AvgIpc) is 2.78. The van der Waals surface area contributed by atoms with Crippen LogP contribution < -0.4 is 15.4 Å². The van der Waals surface area contributed by atoms with Crippen LogP contribution in [0.15, 0.2) is 54.1 Å². The van der Waals surface area contributed by atoms with Gasteiger partial charge in [-0.25, -0.2) is 15.0 Å². The summed E-state index contributed by atoms with van der Waals surface area (Å²) in [5.41, 5.74) is 2.70. The smallest absolute Gasteiger partial charge is 0.261 e. The maximum Gasteiger partial charge on any atom is 0.261 e. The fourth-order valence-electron chi connectivity index (χ4n) is 4.01. The molecular weight excluding hydrogens is 378 g/mol. The molecule has 5 rings (SSSR count). The first-order valence-electron chi connectivity index (χ1n) is 10.2. The van der Waals surface area contributed by atoms with Crippen molar-refractivity contribution in [2.24, 2.45) is 0 Å². The molecule has 0 saturated carbocycles. The highest BCUT2D eigenvalue weighted by Crippen LogP contribution is 2.25. The van der Waals surface area contributed by atoms with Crippen molar-refractivity contribution in [3.63, 3.8) is 0 Å². The van der Waals surface area contributed by atoms with Crippen LogP contribution in [0.25, 0.3) is 21.8 Å². The summed E-state index contributed by atoms with van der Waals surface area (Å²) in [7, 11) is 0. The van der Waals surface area contributed by atoms with Crippen LogP contribution in [0, 0.1) is 0 Å². The van der Waals surface area contributed by atoms with Crippen LogP contribution in [0.5, 0.6) is 0 Å². The minimum Gasteiger partial charge on any atom is -0.368 e. The lowest BCUT2D eigenvalue weighted by atomic mass is 10.1. The molecule has 3 aromatic heterocycles. The molecule has 1 aliphatic rings. The maximum absolute atomic E-state index is 12.7. The van der Waals surface area contributed by atoms with Crippen molar-refractivity contribution in [2.45, 2.75) is 19.9 Å². The van der Waals surface area contributed by atoms with E-state index in [9.17, 15) is 4.79 Å². The summed E-state index contributed by atoms with van der Waals surface area (Å²) in [5.74, 6) is 0.955. The molecule has 4 aromatic rings. The molecule has 0 radical (unpaired) electrons. The molecular formula is C22H23N7O. The molecule has 0 unspecified atom stereocenters. The van der Waals surface area contributed by atoms with E-state index in [-0.39, 0.29) is 11.6 Å². The van der Waals surface area contributed by atoms with Gasteiger partial charge in [-0.3, -0.25) is 14.3 Å². The first kappa shape index (κ1) is 18.5. The zero-order valence-electron chi connectivity index (χ0n) is 17.1. The number of nitrogens with zero attached hydrogens (tertiary/aromatic N) is 7. The van der Waals surface area contributed by atoms with Gasteiger partial charge in [-0.15, -0.1) is 0 Å². The summed E-state index contributed by atoms with van der Waals surface area (Å²) in [6.07, 6.45) is 6.80. The lowest BCUT2D eigenvalue weighted by Crippen LogP contribution is -2.47. The van der Waals surface area contributed by atoms with Gasteiger partial charge in [0.2, 0.25) is 0 Å². The molecule has 4 heterocycles. The molecule has 0 atom stereocenters. The number of aromatic nitrogens is 5. The van der Waals surface area contributed by atoms with Crippen LogP contribution >= 0.6 is 0 Å². The molecule has 0 amide bonds. The number of rotatable bonds is 3. The number of hydrogen-bond donors (Lipinski definition) is 0. The van der Waals surface area contributed by atoms with Gasteiger partial charge in [0.15, 0.2) is 0 Å². The van der Waals surface area contributed by atoms with E-state index in [0.717, 1.165) is 54.1 Å². The summed E-state index contributed by atoms with van der Waals surface area (Å²) in [6, 6.07) is 8.00. The van der Waals surface area contributed by atoms with E-state index in [4.69, 9.17) is 0 Å². The van der Waals surface area contributed by atoms with Crippen LogP contribution in [0.2, 0.25) is 0 Å². The lowest BCUT2D eigenvalue weighted by molar-refractivity contribution is 0.573. The van der Waals surface area contributed by atoms with Crippen molar-refractivity contribution in [1.29, 1.82) is 0 Å². The highest BCUT2D eigenvalue weighted by Gasteiger charge is 2.21. The van der Waals surface area contributed by atoms with Gasteiger partial charge in [0, 0.05) is 49.5 Å². The Kier molecular flexibility index (Phi) is 4.54. The van der Waals surface area contributed by atoms with Crippen LogP contribution in [0.1, 0.15) is 19.9 Å². The zero-order chi connectivity index (χ0) is 20.7. The van der Waals surface area contributed by atoms with E-state index in [2.05, 4.69) is 29.7 Å². The van der Waals surface area contributed by atoms with Gasteiger partial charge in [0.05, 0.1) is 28.9 Å². The maximum atomic E-state index is 12.7. The van der Waals surface area contributed by atoms with E-state index in [1.165, 1.54) is 0 Å². The standard InChI is InChI=1S/C22H23N7O/c1-15(2)29-14-26-19-11-16(3-4-18(19)22(29)30)27-7-9-28(10-8-27)21-17-5-6-23-12-20(17)24-13-25-21/h3-6,11-15H,7-10H2,1-2H3. The first-order chi connectivity index (χ1) is 14.6. The third-order valence-corrected chi connectivity index (χ3v) is 5.69. The predicted octanol–water partition coefficient (Wildman–Crippen LogP) is 2.64. The monoisotopic (exact) mass is 401 g/mol. The predicted molar refractivity (Wildman–Crippen MR) is 118 cm³/mol. The van der Waals surface area contributed by atoms with E-state index in [0.29, 0.717) is 5.39 Å². The second-order valence-electron chi connectivity index (χ2n) is 7.82. The average molecular weight is 401 g/mol. The molecule has 152 valence electrons. The Labute approximate surface area is 173 Å². The quantitative estimate of drug-likeness (QED) is 0.522. The summed E-state index contributed by atoms with van der Waals surface area (Å²) in [4.78, 5) is 34.8. The highest BCUT2D eigenvalue weighted by atomic mass is 16.1. The van der Waals surface area contributed by atoms with Crippen molar-refractivity contribution < 1.29 is 0 Å². The SMILES string of the molecule is CC(C)n1cnc2cc(N3CCN(c4ncnc5cnccc45)CC3)ccc2c1=O. The molecule has 0 spiro atoms. The normalized spacial score (nSPS) is 14.8. The van der Waals surface area contributed by atoms with Crippen molar-refractivity contribution in [3.05, 3.63) is 59.7 Å². The summed E-state index contributed by atoms with van der Waals surface area (Å²) in [6.45, 7) is 7.42. The van der Waals surface area contributed by atoms with Crippen LogP contribution in [-0.4, -0.2) is 50.7 Å². The molecule has 0 aliphatic carbocycles. The van der Waals surface area contributed by atoms with Crippen molar-refractivity contribution in [3.8, 4) is 0 Å². The Bertz CT molecular complexity index is 1270. The Morgan fingerprint density at radius 1 is 0.900 bits per heavy atom. The number of piperazine rings is 1. The van der Waals surface area contributed by atoms with E-state index < -0.39 is 0 Å². The van der Waals surface area contributed by atoms with E-state index in [1.54, 1.807) is 29.6 Å². The highest BCUT2D eigenvalue weighted by molar-refractivity contribution is 5.88. The lowest BCUT2D eigenvalue weighted by Gasteiger charge is -2.37. The van der Waals surface area contributed by atoms with Crippen LogP contribution in [-0.2, 0) is 0 Å². The van der Waals surface area contributed by atoms with E-state index in [1.807, 2.05) is 38.1 Å². The molecule has 8 nitrogen and oxygen atoms in total. The first-order valence-corrected chi connectivity index (χ1v) is 10.2. The third-order valence-electron chi connectivity index (χ3n) is 5.69. The Balaban J connectivity index is 1.38. The van der Waals surface area contributed by atoms with Gasteiger partial charge < -0.3 is 9.80 Å². The topological polar surface area (TPSA) is 80.0 Å². The van der Waals surface area contributed by atoms with Gasteiger partial charge in [0.25, 0.3) is 5.56 Å². The van der Waals surface area contributed by atoms with Crippen LogP contribution in [0.3, 0.4) is 0 Å². The number of pyridine rings is 1. The fourth-order valence-corrected chi connectivity index (χ4v) is 4.01. The minimum atomic E-state index is 0.0106. The molecule has 8 heteroatoms. The molecule has 0 N–H and O–H groups in total. The van der Waals surface area contributed by atoms with Gasteiger partial charge in [-0.1, -0.05) is 0 Å². The summed E-state index contributed by atoms with van der Waals surface area (Å²) < 4.78 is 1.67. The summed E-state index contributed by atoms with van der Waals surface area (Å²) in [5, 5.41) is 1.69. The Morgan fingerprint density at radius 3 is 2.50 bits per heavy atom. The molecule has 1 fully saturated rings. The van der Waals surface area contributed by atoms with Crippen molar-refractivity contribution in [2.75, 3.05) is 36.0 Å². The van der Waals surface area contributed by atoms with Gasteiger partial charge >= 0.3 is 0 Å². The van der Waals surface area contributed by atoms with Crippen molar-refractivity contribution >= 4 is 33.3 Å². The number of benzene rings is 1. The molecule has 1 aromatic carbocycles. The second-order valence-corrected chi connectivity index (χ2v) is 7.82. The Hall–Kier alpha value is -3.55. The third kappa shape index (κ3) is 3.14. The fraction of sp³-hybridized carbons (Fsp3) is 0.318. The minimum absolute atomic E-state index is 0.0106. The van der Waals surface area contributed by atoms with Crippen LogP contribution in [0.4, 0.5) is 11.5 Å². The zero-order valence-corrected chi connectivity index (χ0v) is 17.1. The molecule has 30 heavy (non-hydrogen) atoms. The van der Waals surface area contributed by atoms with E-state index >= 15 is 0 Å². The van der Waals surface area contributed by atoms with Gasteiger partial charge in [-0.05, 0) is 38.1 Å². The number of fused-ring (bicyclic) bond motifs is 2. The second kappa shape index (κ2) is 7.37. The molecule has 1 aliphatic heterocycles.